The summed E-state index contributed by atoms with van der Waals surface area (Å²) in [4.78, 5) is 25.4. The van der Waals surface area contributed by atoms with Gasteiger partial charge in [0, 0.05) is 6.54 Å². The third kappa shape index (κ3) is 5.03. The van der Waals surface area contributed by atoms with Gasteiger partial charge >= 0.3 is 5.97 Å². The second kappa shape index (κ2) is 8.35. The number of ether oxygens (including phenoxy) is 1. The molecule has 0 N–H and O–H groups in total. The molecule has 0 aromatic heterocycles. The van der Waals surface area contributed by atoms with Gasteiger partial charge in [-0.3, -0.25) is 9.59 Å². The molecule has 0 spiro atoms. The van der Waals surface area contributed by atoms with Crippen LogP contribution in [0.25, 0.3) is 0 Å². The molecule has 0 radical (unpaired) electrons. The van der Waals surface area contributed by atoms with E-state index in [0.717, 1.165) is 17.5 Å². The molecule has 0 aliphatic rings. The van der Waals surface area contributed by atoms with E-state index in [4.69, 9.17) is 4.74 Å². The highest BCUT2D eigenvalue weighted by molar-refractivity contribution is 5.83. The second-order valence-electron chi connectivity index (χ2n) is 4.72. The molecule has 4 heteroatoms. The van der Waals surface area contributed by atoms with E-state index in [0.29, 0.717) is 19.6 Å². The van der Waals surface area contributed by atoms with E-state index in [-0.39, 0.29) is 18.4 Å². The summed E-state index contributed by atoms with van der Waals surface area (Å²) < 4.78 is 4.91. The molecule has 0 unspecified atom stereocenters. The summed E-state index contributed by atoms with van der Waals surface area (Å²) in [6, 6.07) is 7.80. The molecular weight excluding hydrogens is 254 g/mol. The lowest BCUT2D eigenvalue weighted by molar-refractivity contribution is -0.148. The van der Waals surface area contributed by atoms with Gasteiger partial charge in [-0.25, -0.2) is 0 Å². The zero-order valence-corrected chi connectivity index (χ0v) is 12.5. The molecule has 1 aromatic rings. The van der Waals surface area contributed by atoms with Gasteiger partial charge < -0.3 is 9.64 Å². The highest BCUT2D eigenvalue weighted by Gasteiger charge is 2.17. The largest absolute Gasteiger partial charge is 0.465 e. The van der Waals surface area contributed by atoms with Crippen LogP contribution in [-0.2, 0) is 20.7 Å². The first-order chi connectivity index (χ1) is 9.58. The number of carbonyl (C=O) groups is 2. The molecule has 0 aliphatic heterocycles. The Morgan fingerprint density at radius 1 is 1.20 bits per heavy atom. The molecule has 1 aromatic carbocycles. The predicted molar refractivity (Wildman–Crippen MR) is 78.4 cm³/mol. The van der Waals surface area contributed by atoms with Crippen LogP contribution in [0.4, 0.5) is 0 Å². The lowest BCUT2D eigenvalue weighted by atomic mass is 10.1. The highest BCUT2D eigenvalue weighted by Crippen LogP contribution is 2.09. The van der Waals surface area contributed by atoms with E-state index in [1.54, 1.807) is 11.8 Å². The van der Waals surface area contributed by atoms with Gasteiger partial charge in [-0.2, -0.15) is 0 Å². The van der Waals surface area contributed by atoms with Gasteiger partial charge in [0.1, 0.15) is 6.54 Å². The Balaban J connectivity index is 2.69. The van der Waals surface area contributed by atoms with Crippen LogP contribution < -0.4 is 0 Å². The van der Waals surface area contributed by atoms with Gasteiger partial charge in [0.05, 0.1) is 13.0 Å². The first kappa shape index (κ1) is 16.2. The van der Waals surface area contributed by atoms with Gasteiger partial charge in [0.25, 0.3) is 0 Å². The number of rotatable bonds is 7. The van der Waals surface area contributed by atoms with Crippen LogP contribution in [0.2, 0.25) is 0 Å². The average Bonchev–Trinajstić information content (AvgIpc) is 2.41. The number of benzene rings is 1. The summed E-state index contributed by atoms with van der Waals surface area (Å²) in [6.45, 7) is 6.68. The number of esters is 1. The summed E-state index contributed by atoms with van der Waals surface area (Å²) in [7, 11) is 0. The minimum absolute atomic E-state index is 0.0331. The maximum Gasteiger partial charge on any atom is 0.325 e. The van der Waals surface area contributed by atoms with Gasteiger partial charge in [-0.15, -0.1) is 0 Å². The summed E-state index contributed by atoms with van der Waals surface area (Å²) in [5.41, 5.74) is 2.09. The quantitative estimate of drug-likeness (QED) is 0.719. The third-order valence-electron chi connectivity index (χ3n) is 3.07. The van der Waals surface area contributed by atoms with Crippen LogP contribution in [-0.4, -0.2) is 36.5 Å². The van der Waals surface area contributed by atoms with E-state index in [1.807, 2.05) is 38.1 Å². The molecule has 0 saturated heterocycles. The molecule has 0 atom stereocenters. The number of nitrogens with zero attached hydrogens (tertiary/aromatic N) is 1. The topological polar surface area (TPSA) is 46.6 Å². The molecule has 0 fully saturated rings. The average molecular weight is 277 g/mol. The monoisotopic (exact) mass is 277 g/mol. The minimum Gasteiger partial charge on any atom is -0.465 e. The Morgan fingerprint density at radius 3 is 2.50 bits per heavy atom. The molecule has 20 heavy (non-hydrogen) atoms. The minimum atomic E-state index is -0.348. The Hall–Kier alpha value is -1.84. The Labute approximate surface area is 120 Å². The molecule has 1 amide bonds. The highest BCUT2D eigenvalue weighted by atomic mass is 16.5. The summed E-state index contributed by atoms with van der Waals surface area (Å²) in [6.07, 6.45) is 1.14. The van der Waals surface area contributed by atoms with Crippen molar-refractivity contribution in [1.82, 2.24) is 4.90 Å². The van der Waals surface area contributed by atoms with E-state index in [2.05, 4.69) is 0 Å². The van der Waals surface area contributed by atoms with Crippen molar-refractivity contribution in [3.63, 3.8) is 0 Å². The standard InChI is InChI=1S/C16H23NO3/c1-4-10-17(12-16(19)20-5-2)15(18)11-14-9-7-6-8-13(14)3/h6-9H,4-5,10-12H2,1-3H3. The molecule has 1 rings (SSSR count). The Kier molecular flexibility index (Phi) is 6.77. The van der Waals surface area contributed by atoms with Crippen molar-refractivity contribution in [3.05, 3.63) is 35.4 Å². The molecular formula is C16H23NO3. The van der Waals surface area contributed by atoms with Crippen molar-refractivity contribution in [2.75, 3.05) is 19.7 Å². The third-order valence-corrected chi connectivity index (χ3v) is 3.07. The fourth-order valence-electron chi connectivity index (χ4n) is 2.01. The zero-order valence-electron chi connectivity index (χ0n) is 12.5. The van der Waals surface area contributed by atoms with Crippen LogP contribution >= 0.6 is 0 Å². The van der Waals surface area contributed by atoms with Crippen LogP contribution in [0.1, 0.15) is 31.4 Å². The molecule has 0 saturated carbocycles. The second-order valence-corrected chi connectivity index (χ2v) is 4.72. The maximum atomic E-state index is 12.3. The summed E-state index contributed by atoms with van der Waals surface area (Å²) >= 11 is 0. The van der Waals surface area contributed by atoms with Crippen LogP contribution in [0.15, 0.2) is 24.3 Å². The molecule has 0 bridgehead atoms. The first-order valence-corrected chi connectivity index (χ1v) is 7.06. The van der Waals surface area contributed by atoms with Crippen LogP contribution in [0.5, 0.6) is 0 Å². The van der Waals surface area contributed by atoms with Crippen molar-refractivity contribution in [2.24, 2.45) is 0 Å². The molecule has 0 heterocycles. The maximum absolute atomic E-state index is 12.3. The van der Waals surface area contributed by atoms with E-state index in [1.165, 1.54) is 0 Å². The fraction of sp³-hybridized carbons (Fsp3) is 0.500. The normalized spacial score (nSPS) is 10.2. The fourth-order valence-corrected chi connectivity index (χ4v) is 2.01. The lowest BCUT2D eigenvalue weighted by Gasteiger charge is -2.21. The van der Waals surface area contributed by atoms with E-state index in [9.17, 15) is 9.59 Å². The number of aryl methyl sites for hydroxylation is 1. The van der Waals surface area contributed by atoms with Crippen molar-refractivity contribution >= 4 is 11.9 Å². The van der Waals surface area contributed by atoms with Gasteiger partial charge in [0.2, 0.25) is 5.91 Å². The first-order valence-electron chi connectivity index (χ1n) is 7.06. The molecule has 0 aliphatic carbocycles. The number of hydrogen-bond acceptors (Lipinski definition) is 3. The Bertz CT molecular complexity index is 457. The van der Waals surface area contributed by atoms with Crippen molar-refractivity contribution < 1.29 is 14.3 Å². The summed E-state index contributed by atoms with van der Waals surface area (Å²) in [5, 5.41) is 0. The van der Waals surface area contributed by atoms with Crippen molar-refractivity contribution in [3.8, 4) is 0 Å². The van der Waals surface area contributed by atoms with Crippen molar-refractivity contribution in [1.29, 1.82) is 0 Å². The van der Waals surface area contributed by atoms with Gasteiger partial charge in [0.15, 0.2) is 0 Å². The smallest absolute Gasteiger partial charge is 0.325 e. The number of carbonyl (C=O) groups excluding carboxylic acids is 2. The molecule has 4 nitrogen and oxygen atoms in total. The van der Waals surface area contributed by atoms with Crippen molar-refractivity contribution in [2.45, 2.75) is 33.6 Å². The number of amides is 1. The van der Waals surface area contributed by atoms with E-state index < -0.39 is 0 Å². The lowest BCUT2D eigenvalue weighted by Crippen LogP contribution is -2.38. The van der Waals surface area contributed by atoms with Gasteiger partial charge in [-0.1, -0.05) is 31.2 Å². The van der Waals surface area contributed by atoms with Gasteiger partial charge in [-0.05, 0) is 31.4 Å². The SMILES string of the molecule is CCCN(CC(=O)OCC)C(=O)Cc1ccccc1C. The zero-order chi connectivity index (χ0) is 15.0. The van der Waals surface area contributed by atoms with Crippen LogP contribution in [0.3, 0.4) is 0 Å². The predicted octanol–water partition coefficient (Wildman–Crippen LogP) is 2.34. The van der Waals surface area contributed by atoms with Crippen LogP contribution in [0, 0.1) is 6.92 Å². The Morgan fingerprint density at radius 2 is 1.90 bits per heavy atom. The van der Waals surface area contributed by atoms with E-state index >= 15 is 0 Å². The number of hydrogen-bond donors (Lipinski definition) is 0. The summed E-state index contributed by atoms with van der Waals surface area (Å²) in [5.74, 6) is -0.381. The molecule has 110 valence electrons.